The second-order valence-corrected chi connectivity index (χ2v) is 11.5. The van der Waals surface area contributed by atoms with Gasteiger partial charge in [-0.05, 0) is 70.6 Å². The molecule has 4 amide bonds. The van der Waals surface area contributed by atoms with Crippen molar-refractivity contribution in [1.29, 1.82) is 0 Å². The minimum absolute atomic E-state index is 0.00326. The number of alkyl carbamates (subject to hydrolysis) is 1. The first-order valence-electron chi connectivity index (χ1n) is 14.7. The molecule has 226 valence electrons. The Morgan fingerprint density at radius 2 is 1.62 bits per heavy atom. The smallest absolute Gasteiger partial charge is 0.408 e. The van der Waals surface area contributed by atoms with Gasteiger partial charge in [-0.2, -0.15) is 0 Å². The van der Waals surface area contributed by atoms with Crippen LogP contribution in [-0.2, 0) is 19.1 Å². The Morgan fingerprint density at radius 1 is 0.975 bits per heavy atom. The first kappa shape index (κ1) is 34.9. The highest BCUT2D eigenvalue weighted by atomic mass is 16.6. The number of unbranched alkanes of at least 4 members (excludes halogenated alkanes) is 5. The van der Waals surface area contributed by atoms with Crippen molar-refractivity contribution in [2.45, 2.75) is 124 Å². The highest BCUT2D eigenvalue weighted by Crippen LogP contribution is 2.28. The van der Waals surface area contributed by atoms with Crippen LogP contribution in [0.15, 0.2) is 18.2 Å². The molecule has 0 aliphatic heterocycles. The summed E-state index contributed by atoms with van der Waals surface area (Å²) in [5.74, 6) is -1.30. The van der Waals surface area contributed by atoms with E-state index in [0.29, 0.717) is 19.5 Å². The van der Waals surface area contributed by atoms with Gasteiger partial charge in [0.05, 0.1) is 0 Å². The lowest BCUT2D eigenvalue weighted by molar-refractivity contribution is -0.142. The average Bonchev–Trinajstić information content (AvgIpc) is 2.86. The van der Waals surface area contributed by atoms with Gasteiger partial charge in [0.2, 0.25) is 17.7 Å². The molecule has 4 N–H and O–H groups in total. The van der Waals surface area contributed by atoms with Crippen LogP contribution in [0.5, 0.6) is 0 Å². The molecule has 0 radical (unpaired) electrons. The molecule has 0 fully saturated rings. The zero-order valence-electron chi connectivity index (χ0n) is 25.7. The van der Waals surface area contributed by atoms with Crippen LogP contribution in [0.3, 0.4) is 0 Å². The summed E-state index contributed by atoms with van der Waals surface area (Å²) in [6, 6.07) is 3.75. The molecule has 1 aromatic carbocycles. The van der Waals surface area contributed by atoms with Crippen LogP contribution in [0.1, 0.15) is 115 Å². The van der Waals surface area contributed by atoms with Crippen LogP contribution in [0.25, 0.3) is 0 Å². The SMILES string of the molecule is CCCCCCCN(C(=O)C(CCC(N)=O)NC(=O)OC(C)(C)C)C(C(=O)NCCCC)c1cccc(C)c1C. The molecule has 0 bridgehead atoms. The molecule has 40 heavy (non-hydrogen) atoms. The Kier molecular flexibility index (Phi) is 15.3. The number of nitrogens with two attached hydrogens (primary N) is 1. The van der Waals surface area contributed by atoms with Crippen molar-refractivity contribution in [3.63, 3.8) is 0 Å². The molecule has 0 spiro atoms. The van der Waals surface area contributed by atoms with Crippen molar-refractivity contribution >= 4 is 23.8 Å². The van der Waals surface area contributed by atoms with Gasteiger partial charge >= 0.3 is 6.09 Å². The normalized spacial score (nSPS) is 12.8. The molecule has 9 heteroatoms. The predicted molar refractivity (Wildman–Crippen MR) is 159 cm³/mol. The second-order valence-electron chi connectivity index (χ2n) is 11.5. The highest BCUT2D eigenvalue weighted by molar-refractivity contribution is 5.92. The second kappa shape index (κ2) is 17.6. The molecule has 0 aliphatic rings. The van der Waals surface area contributed by atoms with Crippen molar-refractivity contribution in [1.82, 2.24) is 15.5 Å². The monoisotopic (exact) mass is 560 g/mol. The van der Waals surface area contributed by atoms with Crippen molar-refractivity contribution in [2.24, 2.45) is 5.73 Å². The number of carbonyl (C=O) groups excluding carboxylic acids is 4. The number of nitrogens with zero attached hydrogens (tertiary/aromatic N) is 1. The number of nitrogens with one attached hydrogen (secondary N) is 2. The number of ether oxygens (including phenoxy) is 1. The molecular formula is C31H52N4O5. The summed E-state index contributed by atoms with van der Waals surface area (Å²) in [7, 11) is 0. The van der Waals surface area contributed by atoms with Crippen LogP contribution < -0.4 is 16.4 Å². The number of carbonyl (C=O) groups is 4. The number of rotatable bonds is 17. The molecule has 0 aromatic heterocycles. The average molecular weight is 561 g/mol. The summed E-state index contributed by atoms with van der Waals surface area (Å²) in [6.07, 6.45) is 5.66. The van der Waals surface area contributed by atoms with E-state index in [1.807, 2.05) is 39.0 Å². The van der Waals surface area contributed by atoms with Gasteiger partial charge in [0.25, 0.3) is 0 Å². The maximum atomic E-state index is 14.2. The van der Waals surface area contributed by atoms with E-state index in [-0.39, 0.29) is 18.7 Å². The van der Waals surface area contributed by atoms with Crippen molar-refractivity contribution in [3.8, 4) is 0 Å². The Labute approximate surface area is 241 Å². The first-order valence-corrected chi connectivity index (χ1v) is 14.7. The summed E-state index contributed by atoms with van der Waals surface area (Å²) in [4.78, 5) is 54.0. The van der Waals surface area contributed by atoms with Crippen molar-refractivity contribution < 1.29 is 23.9 Å². The topological polar surface area (TPSA) is 131 Å². The van der Waals surface area contributed by atoms with E-state index in [1.165, 1.54) is 0 Å². The maximum absolute atomic E-state index is 14.2. The third-order valence-electron chi connectivity index (χ3n) is 6.78. The van der Waals surface area contributed by atoms with E-state index in [9.17, 15) is 19.2 Å². The maximum Gasteiger partial charge on any atom is 0.408 e. The van der Waals surface area contributed by atoms with Crippen LogP contribution in [0.4, 0.5) is 4.79 Å². The molecule has 1 aromatic rings. The Hall–Kier alpha value is -3.10. The van der Waals surface area contributed by atoms with E-state index in [4.69, 9.17) is 10.5 Å². The van der Waals surface area contributed by atoms with Crippen molar-refractivity contribution in [2.75, 3.05) is 13.1 Å². The van der Waals surface area contributed by atoms with Gasteiger partial charge in [0.15, 0.2) is 0 Å². The quantitative estimate of drug-likeness (QED) is 0.225. The number of primary amides is 1. The van der Waals surface area contributed by atoms with E-state index in [0.717, 1.165) is 55.2 Å². The molecule has 2 unspecified atom stereocenters. The van der Waals surface area contributed by atoms with E-state index >= 15 is 0 Å². The standard InChI is InChI=1S/C31H52N4O5/c1-8-10-12-13-14-21-35(29(38)25(18-19-26(32)36)34-30(39)40-31(5,6)7)27(28(37)33-20-11-9-2)24-17-15-16-22(3)23(24)4/h15-17,25,27H,8-14,18-21H2,1-7H3,(H2,32,36)(H,33,37)(H,34,39). The fourth-order valence-corrected chi connectivity index (χ4v) is 4.45. The molecule has 0 saturated carbocycles. The summed E-state index contributed by atoms with van der Waals surface area (Å²) in [5.41, 5.74) is 7.31. The molecule has 2 atom stereocenters. The number of benzene rings is 1. The zero-order valence-corrected chi connectivity index (χ0v) is 25.7. The lowest BCUT2D eigenvalue weighted by atomic mass is 9.94. The van der Waals surface area contributed by atoms with Gasteiger partial charge in [-0.3, -0.25) is 14.4 Å². The largest absolute Gasteiger partial charge is 0.444 e. The zero-order chi connectivity index (χ0) is 30.3. The van der Waals surface area contributed by atoms with Gasteiger partial charge in [-0.25, -0.2) is 4.79 Å². The third-order valence-corrected chi connectivity index (χ3v) is 6.78. The third kappa shape index (κ3) is 12.4. The summed E-state index contributed by atoms with van der Waals surface area (Å²) in [6.45, 7) is 14.1. The van der Waals surface area contributed by atoms with Gasteiger partial charge < -0.3 is 26.0 Å². The van der Waals surface area contributed by atoms with Gasteiger partial charge in [0.1, 0.15) is 17.7 Å². The number of amides is 4. The highest BCUT2D eigenvalue weighted by Gasteiger charge is 2.36. The fraction of sp³-hybridized carbons (Fsp3) is 0.677. The number of hydrogen-bond donors (Lipinski definition) is 3. The van der Waals surface area contributed by atoms with Gasteiger partial charge in [-0.1, -0.05) is 64.2 Å². The first-order chi connectivity index (χ1) is 18.8. The molecule has 0 heterocycles. The molecule has 0 saturated heterocycles. The lowest BCUT2D eigenvalue weighted by Crippen LogP contribution is -2.53. The van der Waals surface area contributed by atoms with Gasteiger partial charge in [0, 0.05) is 19.5 Å². The Balaban J connectivity index is 3.54. The van der Waals surface area contributed by atoms with Crippen LogP contribution >= 0.6 is 0 Å². The van der Waals surface area contributed by atoms with E-state index < -0.39 is 35.6 Å². The van der Waals surface area contributed by atoms with Crippen molar-refractivity contribution in [3.05, 3.63) is 34.9 Å². The number of hydrogen-bond acceptors (Lipinski definition) is 5. The molecule has 9 nitrogen and oxygen atoms in total. The molecule has 0 aliphatic carbocycles. The predicted octanol–water partition coefficient (Wildman–Crippen LogP) is 5.22. The van der Waals surface area contributed by atoms with E-state index in [1.54, 1.807) is 25.7 Å². The summed E-state index contributed by atoms with van der Waals surface area (Å²) in [5, 5.41) is 5.67. The Morgan fingerprint density at radius 3 is 2.23 bits per heavy atom. The summed E-state index contributed by atoms with van der Waals surface area (Å²) < 4.78 is 5.41. The minimum Gasteiger partial charge on any atom is -0.444 e. The van der Waals surface area contributed by atoms with E-state index in [2.05, 4.69) is 17.6 Å². The molecule has 1 rings (SSSR count). The Bertz CT molecular complexity index is 973. The van der Waals surface area contributed by atoms with Crippen LogP contribution in [0, 0.1) is 13.8 Å². The number of aryl methyl sites for hydroxylation is 1. The lowest BCUT2D eigenvalue weighted by Gasteiger charge is -2.35. The van der Waals surface area contributed by atoms with Crippen LogP contribution in [-0.4, -0.2) is 53.4 Å². The fourth-order valence-electron chi connectivity index (χ4n) is 4.45. The van der Waals surface area contributed by atoms with Crippen LogP contribution in [0.2, 0.25) is 0 Å². The summed E-state index contributed by atoms with van der Waals surface area (Å²) >= 11 is 0. The molecular weight excluding hydrogens is 508 g/mol. The minimum atomic E-state index is -1.09. The van der Waals surface area contributed by atoms with Gasteiger partial charge in [-0.15, -0.1) is 0 Å².